The molecule has 0 spiro atoms. The lowest BCUT2D eigenvalue weighted by molar-refractivity contribution is -0.116. The number of benzene rings is 1. The van der Waals surface area contributed by atoms with Gasteiger partial charge in [0.2, 0.25) is 5.91 Å². The topological polar surface area (TPSA) is 55.1 Å². The van der Waals surface area contributed by atoms with Crippen molar-refractivity contribution in [2.75, 3.05) is 11.9 Å². The Hall–Kier alpha value is -0.770. The van der Waals surface area contributed by atoms with E-state index in [1.54, 1.807) is 12.1 Å². The summed E-state index contributed by atoms with van der Waals surface area (Å²) < 4.78 is 0. The van der Waals surface area contributed by atoms with Crippen LogP contribution in [0.1, 0.15) is 24.8 Å². The normalized spacial score (nSPS) is 10.4. The van der Waals surface area contributed by atoms with Crippen LogP contribution in [0.2, 0.25) is 10.0 Å². The lowest BCUT2D eigenvalue weighted by Crippen LogP contribution is -2.12. The number of carbonyl (C=O) groups excluding carboxylic acids is 1. The molecule has 0 fully saturated rings. The predicted molar refractivity (Wildman–Crippen MR) is 72.7 cm³/mol. The predicted octanol–water partition coefficient (Wildman–Crippen LogP) is 3.37. The average Bonchev–Trinajstić information content (AvgIpc) is 2.26. The SMILES string of the molecule is Cc1cc(Cl)c(NC(=O)CCCCN)cc1Cl. The van der Waals surface area contributed by atoms with E-state index < -0.39 is 0 Å². The molecule has 0 aliphatic heterocycles. The van der Waals surface area contributed by atoms with E-state index in [4.69, 9.17) is 28.9 Å². The first kappa shape index (κ1) is 14.3. The van der Waals surface area contributed by atoms with Gasteiger partial charge in [0.05, 0.1) is 10.7 Å². The molecule has 5 heteroatoms. The van der Waals surface area contributed by atoms with Crippen molar-refractivity contribution < 1.29 is 4.79 Å². The third kappa shape index (κ3) is 4.54. The van der Waals surface area contributed by atoms with Gasteiger partial charge in [0.1, 0.15) is 0 Å². The Balaban J connectivity index is 2.62. The number of unbranched alkanes of at least 4 members (excludes halogenated alkanes) is 1. The molecule has 1 amide bonds. The zero-order valence-electron chi connectivity index (χ0n) is 9.72. The van der Waals surface area contributed by atoms with Gasteiger partial charge < -0.3 is 11.1 Å². The van der Waals surface area contributed by atoms with E-state index in [-0.39, 0.29) is 5.91 Å². The minimum absolute atomic E-state index is 0.0692. The molecule has 1 aromatic carbocycles. The second kappa shape index (κ2) is 6.84. The largest absolute Gasteiger partial charge is 0.330 e. The van der Waals surface area contributed by atoms with Crippen LogP contribution in [0.15, 0.2) is 12.1 Å². The molecular formula is C12H16Cl2N2O. The van der Waals surface area contributed by atoms with Crippen LogP contribution in [0.3, 0.4) is 0 Å². The Morgan fingerprint density at radius 1 is 1.29 bits per heavy atom. The van der Waals surface area contributed by atoms with Gasteiger partial charge in [0.25, 0.3) is 0 Å². The van der Waals surface area contributed by atoms with Crippen LogP contribution in [-0.2, 0) is 4.79 Å². The summed E-state index contributed by atoms with van der Waals surface area (Å²) in [5.41, 5.74) is 6.80. The standard InChI is InChI=1S/C12H16Cl2N2O/c1-8-6-10(14)11(7-9(8)13)16-12(17)4-2-3-5-15/h6-7H,2-5,15H2,1H3,(H,16,17). The van der Waals surface area contributed by atoms with Crippen LogP contribution >= 0.6 is 23.2 Å². The first-order valence-corrected chi connectivity index (χ1v) is 6.25. The van der Waals surface area contributed by atoms with Crippen LogP contribution in [0.25, 0.3) is 0 Å². The van der Waals surface area contributed by atoms with Gasteiger partial charge >= 0.3 is 0 Å². The van der Waals surface area contributed by atoms with Gasteiger partial charge in [-0.15, -0.1) is 0 Å². The zero-order valence-corrected chi connectivity index (χ0v) is 11.2. The summed E-state index contributed by atoms with van der Waals surface area (Å²) in [6.07, 6.45) is 2.06. The maximum atomic E-state index is 11.6. The van der Waals surface area contributed by atoms with E-state index in [1.807, 2.05) is 6.92 Å². The summed E-state index contributed by atoms with van der Waals surface area (Å²) >= 11 is 12.0. The third-order valence-electron chi connectivity index (χ3n) is 2.38. The Kier molecular flexibility index (Phi) is 5.75. The number of anilines is 1. The Labute approximate surface area is 111 Å². The first-order chi connectivity index (χ1) is 8.04. The van der Waals surface area contributed by atoms with Crippen molar-refractivity contribution in [2.24, 2.45) is 5.73 Å². The number of halogens is 2. The van der Waals surface area contributed by atoms with E-state index in [0.29, 0.717) is 28.7 Å². The van der Waals surface area contributed by atoms with Crippen LogP contribution < -0.4 is 11.1 Å². The number of nitrogens with two attached hydrogens (primary N) is 1. The molecule has 3 nitrogen and oxygen atoms in total. The maximum Gasteiger partial charge on any atom is 0.224 e. The smallest absolute Gasteiger partial charge is 0.224 e. The molecule has 0 aromatic heterocycles. The minimum atomic E-state index is -0.0692. The molecular weight excluding hydrogens is 259 g/mol. The molecule has 0 unspecified atom stereocenters. The van der Waals surface area contributed by atoms with Gasteiger partial charge in [-0.25, -0.2) is 0 Å². The van der Waals surface area contributed by atoms with Crippen LogP contribution in [0.4, 0.5) is 5.69 Å². The summed E-state index contributed by atoms with van der Waals surface area (Å²) in [5, 5.41) is 3.83. The van der Waals surface area contributed by atoms with Gasteiger partial charge in [0, 0.05) is 11.4 Å². The van der Waals surface area contributed by atoms with Gasteiger partial charge in [-0.3, -0.25) is 4.79 Å². The highest BCUT2D eigenvalue weighted by Gasteiger charge is 2.08. The second-order valence-corrected chi connectivity index (χ2v) is 4.69. The maximum absolute atomic E-state index is 11.6. The van der Waals surface area contributed by atoms with Crippen LogP contribution in [0, 0.1) is 6.92 Å². The van der Waals surface area contributed by atoms with Crippen molar-refractivity contribution in [3.8, 4) is 0 Å². The summed E-state index contributed by atoms with van der Waals surface area (Å²) in [5.74, 6) is -0.0692. The van der Waals surface area contributed by atoms with E-state index in [1.165, 1.54) is 0 Å². The average molecular weight is 275 g/mol. The molecule has 0 aliphatic carbocycles. The molecule has 0 saturated carbocycles. The number of nitrogens with one attached hydrogen (secondary N) is 1. The number of carbonyl (C=O) groups is 1. The first-order valence-electron chi connectivity index (χ1n) is 5.50. The molecule has 0 aliphatic rings. The molecule has 0 atom stereocenters. The molecule has 0 radical (unpaired) electrons. The fourth-order valence-corrected chi connectivity index (χ4v) is 1.81. The highest BCUT2D eigenvalue weighted by atomic mass is 35.5. The fourth-order valence-electron chi connectivity index (χ4n) is 1.38. The second-order valence-electron chi connectivity index (χ2n) is 3.88. The monoisotopic (exact) mass is 274 g/mol. The van der Waals surface area contributed by atoms with Gasteiger partial charge in [0.15, 0.2) is 0 Å². The molecule has 1 aromatic rings. The zero-order chi connectivity index (χ0) is 12.8. The highest BCUT2D eigenvalue weighted by Crippen LogP contribution is 2.28. The number of aryl methyl sites for hydroxylation is 1. The van der Waals surface area contributed by atoms with E-state index in [2.05, 4.69) is 5.32 Å². The fraction of sp³-hybridized carbons (Fsp3) is 0.417. The molecule has 17 heavy (non-hydrogen) atoms. The van der Waals surface area contributed by atoms with Crippen LogP contribution in [0.5, 0.6) is 0 Å². The highest BCUT2D eigenvalue weighted by molar-refractivity contribution is 6.36. The molecule has 0 bridgehead atoms. The summed E-state index contributed by atoms with van der Waals surface area (Å²) in [4.78, 5) is 11.6. The van der Waals surface area contributed by atoms with E-state index >= 15 is 0 Å². The van der Waals surface area contributed by atoms with Gasteiger partial charge in [-0.2, -0.15) is 0 Å². The minimum Gasteiger partial charge on any atom is -0.330 e. The summed E-state index contributed by atoms with van der Waals surface area (Å²) in [6, 6.07) is 3.40. The van der Waals surface area contributed by atoms with Crippen LogP contribution in [-0.4, -0.2) is 12.5 Å². The van der Waals surface area contributed by atoms with E-state index in [9.17, 15) is 4.79 Å². The molecule has 3 N–H and O–H groups in total. The molecule has 94 valence electrons. The number of amides is 1. The van der Waals surface area contributed by atoms with Gasteiger partial charge in [-0.1, -0.05) is 23.2 Å². The summed E-state index contributed by atoms with van der Waals surface area (Å²) in [7, 11) is 0. The Morgan fingerprint density at radius 3 is 2.65 bits per heavy atom. The Bertz CT molecular complexity index is 408. The molecule has 1 rings (SSSR count). The van der Waals surface area contributed by atoms with Crippen molar-refractivity contribution in [3.63, 3.8) is 0 Å². The number of hydrogen-bond donors (Lipinski definition) is 2. The van der Waals surface area contributed by atoms with E-state index in [0.717, 1.165) is 18.4 Å². The van der Waals surface area contributed by atoms with Crippen molar-refractivity contribution in [1.82, 2.24) is 0 Å². The quantitative estimate of drug-likeness (QED) is 0.809. The van der Waals surface area contributed by atoms with Crippen molar-refractivity contribution in [2.45, 2.75) is 26.2 Å². The molecule has 0 heterocycles. The van der Waals surface area contributed by atoms with Crippen molar-refractivity contribution in [1.29, 1.82) is 0 Å². The lowest BCUT2D eigenvalue weighted by Gasteiger charge is -2.09. The molecule has 0 saturated heterocycles. The Morgan fingerprint density at radius 2 is 2.00 bits per heavy atom. The third-order valence-corrected chi connectivity index (χ3v) is 3.10. The number of rotatable bonds is 5. The lowest BCUT2D eigenvalue weighted by atomic mass is 10.2. The van der Waals surface area contributed by atoms with Crippen molar-refractivity contribution in [3.05, 3.63) is 27.7 Å². The summed E-state index contributed by atoms with van der Waals surface area (Å²) in [6.45, 7) is 2.46. The van der Waals surface area contributed by atoms with Crippen molar-refractivity contribution >= 4 is 34.8 Å². The number of hydrogen-bond acceptors (Lipinski definition) is 2. The van der Waals surface area contributed by atoms with Gasteiger partial charge in [-0.05, 0) is 44.0 Å².